The van der Waals surface area contributed by atoms with Crippen LogP contribution in [-0.4, -0.2) is 42.4 Å². The number of carbonyl (C=O) groups is 1. The number of hydrogen-bond donors (Lipinski definition) is 1. The Hall–Kier alpha value is -2.67. The smallest absolute Gasteiger partial charge is 0.284 e. The minimum Gasteiger partial charge on any atom is -0.489 e. The lowest BCUT2D eigenvalue weighted by Crippen LogP contribution is -2.42. The van der Waals surface area contributed by atoms with E-state index in [1.54, 1.807) is 18.3 Å². The second-order valence-corrected chi connectivity index (χ2v) is 7.02. The van der Waals surface area contributed by atoms with Gasteiger partial charge in [0.15, 0.2) is 11.5 Å². The van der Waals surface area contributed by atoms with Crippen LogP contribution in [0.4, 0.5) is 0 Å². The summed E-state index contributed by atoms with van der Waals surface area (Å²) >= 11 is 1.87. The molecule has 134 valence electrons. The first-order valence-electron chi connectivity index (χ1n) is 8.34. The fourth-order valence-electron chi connectivity index (χ4n) is 2.53. The minimum absolute atomic E-state index is 0.154. The number of carbonyl (C=O) groups excluding carboxylic acids is 1. The third kappa shape index (κ3) is 3.94. The molecule has 1 amide bonds. The van der Waals surface area contributed by atoms with E-state index in [4.69, 9.17) is 14.2 Å². The Morgan fingerprint density at radius 3 is 2.85 bits per heavy atom. The highest BCUT2D eigenvalue weighted by Crippen LogP contribution is 2.30. The Morgan fingerprint density at radius 1 is 1.19 bits per heavy atom. The maximum Gasteiger partial charge on any atom is 0.284 e. The number of hydrazone groups is 1. The molecule has 2 aromatic rings. The lowest BCUT2D eigenvalue weighted by Gasteiger charge is -2.25. The Morgan fingerprint density at radius 2 is 2.04 bits per heavy atom. The van der Waals surface area contributed by atoms with Crippen molar-refractivity contribution in [3.05, 3.63) is 54.1 Å². The Labute approximate surface area is 155 Å². The summed E-state index contributed by atoms with van der Waals surface area (Å²) in [5, 5.41) is 4.01. The summed E-state index contributed by atoms with van der Waals surface area (Å²) in [7, 11) is 0. The zero-order valence-corrected chi connectivity index (χ0v) is 14.8. The molecule has 0 aromatic heterocycles. The van der Waals surface area contributed by atoms with Gasteiger partial charge in [0, 0.05) is 11.5 Å². The van der Waals surface area contributed by atoms with Gasteiger partial charge in [-0.3, -0.25) is 4.79 Å². The average Bonchev–Trinajstić information content (AvgIpc) is 2.64. The summed E-state index contributed by atoms with van der Waals surface area (Å²) < 4.78 is 17.0. The molecule has 2 aliphatic heterocycles. The maximum atomic E-state index is 12.2. The fourth-order valence-corrected chi connectivity index (χ4v) is 3.10. The Bertz CT molecular complexity index is 823. The largest absolute Gasteiger partial charge is 0.489 e. The third-order valence-corrected chi connectivity index (χ3v) is 5.17. The van der Waals surface area contributed by atoms with Crippen LogP contribution >= 0.6 is 11.8 Å². The van der Waals surface area contributed by atoms with Crippen LogP contribution in [0.3, 0.4) is 0 Å². The zero-order chi connectivity index (χ0) is 17.8. The van der Waals surface area contributed by atoms with Gasteiger partial charge in [0.1, 0.15) is 18.5 Å². The van der Waals surface area contributed by atoms with Crippen LogP contribution in [0.1, 0.15) is 5.56 Å². The van der Waals surface area contributed by atoms with Gasteiger partial charge in [0.05, 0.1) is 6.21 Å². The van der Waals surface area contributed by atoms with E-state index in [9.17, 15) is 4.79 Å². The molecule has 1 atom stereocenters. The standard InChI is InChI=1S/C19H18N2O4S/c22-19(18-10-23-16-6-1-2-7-17(16)25-18)21-20-9-13-4-3-5-14(8-13)24-15-11-26-12-15/h1-9,15,18H,10-12H2,(H,21,22)/b20-9-/t18-/m1/s1. The molecule has 2 aromatic carbocycles. The highest BCUT2D eigenvalue weighted by Gasteiger charge is 2.27. The van der Waals surface area contributed by atoms with Crippen molar-refractivity contribution in [2.45, 2.75) is 12.2 Å². The van der Waals surface area contributed by atoms with Gasteiger partial charge in [-0.2, -0.15) is 16.9 Å². The second kappa shape index (κ2) is 7.70. The number of thioether (sulfide) groups is 1. The number of ether oxygens (including phenoxy) is 3. The predicted octanol–water partition coefficient (Wildman–Crippen LogP) is 2.47. The van der Waals surface area contributed by atoms with Crippen LogP contribution in [0.2, 0.25) is 0 Å². The van der Waals surface area contributed by atoms with Crippen LogP contribution in [0.5, 0.6) is 17.2 Å². The molecule has 26 heavy (non-hydrogen) atoms. The molecule has 0 saturated carbocycles. The summed E-state index contributed by atoms with van der Waals surface area (Å²) in [4.78, 5) is 12.2. The maximum absolute atomic E-state index is 12.2. The van der Waals surface area contributed by atoms with Gasteiger partial charge in [-0.1, -0.05) is 24.3 Å². The van der Waals surface area contributed by atoms with Crippen molar-refractivity contribution < 1.29 is 19.0 Å². The molecule has 0 bridgehead atoms. The number of para-hydroxylation sites is 2. The molecular weight excluding hydrogens is 352 g/mol. The molecule has 2 aliphatic rings. The minimum atomic E-state index is -0.729. The molecule has 7 heteroatoms. The van der Waals surface area contributed by atoms with Crippen molar-refractivity contribution in [2.75, 3.05) is 18.1 Å². The van der Waals surface area contributed by atoms with Gasteiger partial charge in [0.25, 0.3) is 5.91 Å². The van der Waals surface area contributed by atoms with Gasteiger partial charge < -0.3 is 14.2 Å². The molecule has 1 saturated heterocycles. The molecule has 0 aliphatic carbocycles. The van der Waals surface area contributed by atoms with Crippen LogP contribution in [0.25, 0.3) is 0 Å². The number of nitrogens with one attached hydrogen (secondary N) is 1. The van der Waals surface area contributed by atoms with Crippen LogP contribution in [0, 0.1) is 0 Å². The van der Waals surface area contributed by atoms with Crippen LogP contribution in [-0.2, 0) is 4.79 Å². The van der Waals surface area contributed by atoms with Gasteiger partial charge in [0.2, 0.25) is 6.10 Å². The number of benzene rings is 2. The first-order valence-corrected chi connectivity index (χ1v) is 9.49. The van der Waals surface area contributed by atoms with E-state index in [0.717, 1.165) is 22.8 Å². The normalized spacial score (nSPS) is 19.0. The monoisotopic (exact) mass is 370 g/mol. The molecule has 0 radical (unpaired) electrons. The summed E-state index contributed by atoms with van der Waals surface area (Å²) in [6.45, 7) is 0.154. The van der Waals surface area contributed by atoms with Crippen molar-refractivity contribution in [3.8, 4) is 17.2 Å². The van der Waals surface area contributed by atoms with Crippen molar-refractivity contribution in [1.82, 2.24) is 5.43 Å². The SMILES string of the molecule is O=C(N/N=C\c1cccc(OC2CSC2)c1)[C@H]1COc2ccccc2O1. The Kier molecular flexibility index (Phi) is 4.97. The average molecular weight is 370 g/mol. The van der Waals surface area contributed by atoms with Crippen molar-refractivity contribution in [1.29, 1.82) is 0 Å². The molecule has 0 spiro atoms. The number of nitrogens with zero attached hydrogens (tertiary/aromatic N) is 1. The summed E-state index contributed by atoms with van der Waals surface area (Å²) in [5.74, 6) is 3.71. The molecule has 0 unspecified atom stereocenters. The van der Waals surface area contributed by atoms with Crippen molar-refractivity contribution >= 4 is 23.9 Å². The quantitative estimate of drug-likeness (QED) is 0.647. The number of hydrogen-bond acceptors (Lipinski definition) is 6. The predicted molar refractivity (Wildman–Crippen MR) is 100 cm³/mol. The van der Waals surface area contributed by atoms with E-state index in [2.05, 4.69) is 10.5 Å². The third-order valence-electron chi connectivity index (χ3n) is 3.96. The van der Waals surface area contributed by atoms with E-state index in [1.807, 2.05) is 48.2 Å². The number of amides is 1. The first kappa shape index (κ1) is 16.8. The molecular formula is C19H18N2O4S. The summed E-state index contributed by atoms with van der Waals surface area (Å²) in [5.41, 5.74) is 3.34. The van der Waals surface area contributed by atoms with E-state index in [0.29, 0.717) is 17.6 Å². The first-order chi connectivity index (χ1) is 12.8. The number of fused-ring (bicyclic) bond motifs is 1. The van der Waals surface area contributed by atoms with Crippen LogP contribution < -0.4 is 19.6 Å². The van der Waals surface area contributed by atoms with Crippen molar-refractivity contribution in [2.24, 2.45) is 5.10 Å². The van der Waals surface area contributed by atoms with E-state index in [-0.39, 0.29) is 12.5 Å². The molecule has 6 nitrogen and oxygen atoms in total. The summed E-state index contributed by atoms with van der Waals surface area (Å²) in [6, 6.07) is 14.9. The number of rotatable bonds is 5. The molecule has 1 N–H and O–H groups in total. The molecule has 4 rings (SSSR count). The summed E-state index contributed by atoms with van der Waals surface area (Å²) in [6.07, 6.45) is 1.14. The highest BCUT2D eigenvalue weighted by molar-refractivity contribution is 8.00. The highest BCUT2D eigenvalue weighted by atomic mass is 32.2. The fraction of sp³-hybridized carbons (Fsp3) is 0.263. The zero-order valence-electron chi connectivity index (χ0n) is 14.0. The van der Waals surface area contributed by atoms with Crippen molar-refractivity contribution in [3.63, 3.8) is 0 Å². The van der Waals surface area contributed by atoms with Gasteiger partial charge in [-0.05, 0) is 29.8 Å². The van der Waals surface area contributed by atoms with Gasteiger partial charge in [-0.25, -0.2) is 5.43 Å². The lowest BCUT2D eigenvalue weighted by atomic mass is 10.2. The molecule has 2 heterocycles. The van der Waals surface area contributed by atoms with E-state index >= 15 is 0 Å². The van der Waals surface area contributed by atoms with Crippen LogP contribution in [0.15, 0.2) is 53.6 Å². The molecule has 1 fully saturated rings. The second-order valence-electron chi connectivity index (χ2n) is 5.95. The van der Waals surface area contributed by atoms with Gasteiger partial charge in [-0.15, -0.1) is 0 Å². The topological polar surface area (TPSA) is 69.2 Å². The Balaban J connectivity index is 1.32. The van der Waals surface area contributed by atoms with E-state index < -0.39 is 6.10 Å². The van der Waals surface area contributed by atoms with E-state index in [1.165, 1.54) is 0 Å². The van der Waals surface area contributed by atoms with Gasteiger partial charge >= 0.3 is 0 Å². The lowest BCUT2D eigenvalue weighted by molar-refractivity contribution is -0.130.